The van der Waals surface area contributed by atoms with E-state index in [1.807, 2.05) is 60.0 Å². The lowest BCUT2D eigenvalue weighted by molar-refractivity contribution is -0.121. The molecule has 0 aliphatic rings. The van der Waals surface area contributed by atoms with E-state index in [0.29, 0.717) is 23.2 Å². The van der Waals surface area contributed by atoms with Crippen molar-refractivity contribution in [1.82, 2.24) is 14.9 Å². The number of hydrogen-bond acceptors (Lipinski definition) is 5. The molecule has 0 aliphatic heterocycles. The molecule has 2 heterocycles. The number of nitrogens with zero attached hydrogens (tertiary/aromatic N) is 2. The van der Waals surface area contributed by atoms with E-state index >= 15 is 0 Å². The van der Waals surface area contributed by atoms with Crippen molar-refractivity contribution in [2.45, 2.75) is 13.0 Å². The van der Waals surface area contributed by atoms with Gasteiger partial charge in [0.2, 0.25) is 5.91 Å². The van der Waals surface area contributed by atoms with E-state index in [4.69, 9.17) is 4.74 Å². The van der Waals surface area contributed by atoms with Crippen LogP contribution in [0.4, 0.5) is 0 Å². The number of nitrogens with one attached hydrogen (secondary N) is 1. The van der Waals surface area contributed by atoms with Gasteiger partial charge in [-0.15, -0.1) is 11.3 Å². The van der Waals surface area contributed by atoms with Crippen LogP contribution in [0.25, 0.3) is 21.3 Å². The van der Waals surface area contributed by atoms with Crippen LogP contribution in [0, 0.1) is 0 Å². The summed E-state index contributed by atoms with van der Waals surface area (Å²) in [5.41, 5.74) is 2.62. The van der Waals surface area contributed by atoms with Gasteiger partial charge in [-0.3, -0.25) is 14.2 Å². The molecular formula is C23H21N3O3S. The minimum absolute atomic E-state index is 0.0717. The maximum absolute atomic E-state index is 13.0. The molecule has 0 spiro atoms. The highest BCUT2D eigenvalue weighted by molar-refractivity contribution is 7.17. The molecule has 152 valence electrons. The van der Waals surface area contributed by atoms with Gasteiger partial charge in [0, 0.05) is 17.5 Å². The van der Waals surface area contributed by atoms with Crippen molar-refractivity contribution in [3.63, 3.8) is 0 Å². The fraction of sp³-hybridized carbons (Fsp3) is 0.174. The highest BCUT2D eigenvalue weighted by Gasteiger charge is 2.14. The Bertz CT molecular complexity index is 1230. The Labute approximate surface area is 177 Å². The summed E-state index contributed by atoms with van der Waals surface area (Å²) in [6.07, 6.45) is 2.08. The first-order valence-electron chi connectivity index (χ1n) is 9.58. The zero-order valence-electron chi connectivity index (χ0n) is 16.5. The molecule has 2 aromatic heterocycles. The van der Waals surface area contributed by atoms with Crippen LogP contribution in [0.3, 0.4) is 0 Å². The van der Waals surface area contributed by atoms with Crippen LogP contribution in [-0.4, -0.2) is 29.1 Å². The molecule has 4 rings (SSSR count). The third kappa shape index (κ3) is 4.11. The van der Waals surface area contributed by atoms with Gasteiger partial charge in [0.05, 0.1) is 18.8 Å². The van der Waals surface area contributed by atoms with Crippen molar-refractivity contribution in [3.8, 4) is 16.9 Å². The lowest BCUT2D eigenvalue weighted by Crippen LogP contribution is -2.33. The molecule has 0 bridgehead atoms. The number of thiophene rings is 1. The second-order valence-electron chi connectivity index (χ2n) is 6.78. The molecule has 6 nitrogen and oxygen atoms in total. The lowest BCUT2D eigenvalue weighted by atomic mass is 10.1. The van der Waals surface area contributed by atoms with Gasteiger partial charge >= 0.3 is 0 Å². The first-order valence-corrected chi connectivity index (χ1v) is 10.5. The van der Waals surface area contributed by atoms with E-state index in [1.54, 1.807) is 7.11 Å². The van der Waals surface area contributed by atoms with Gasteiger partial charge in [0.25, 0.3) is 5.56 Å². The molecule has 1 N–H and O–H groups in total. The maximum atomic E-state index is 13.0. The topological polar surface area (TPSA) is 73.2 Å². The number of aromatic nitrogens is 2. The van der Waals surface area contributed by atoms with Crippen LogP contribution in [0.1, 0.15) is 5.56 Å². The summed E-state index contributed by atoms with van der Waals surface area (Å²) < 4.78 is 6.69. The van der Waals surface area contributed by atoms with Gasteiger partial charge in [-0.2, -0.15) is 0 Å². The summed E-state index contributed by atoms with van der Waals surface area (Å²) in [4.78, 5) is 30.5. The third-order valence-electron chi connectivity index (χ3n) is 4.87. The first-order chi connectivity index (χ1) is 14.7. The van der Waals surface area contributed by atoms with Gasteiger partial charge in [-0.1, -0.05) is 48.5 Å². The van der Waals surface area contributed by atoms with E-state index in [2.05, 4.69) is 10.3 Å². The van der Waals surface area contributed by atoms with Gasteiger partial charge in [0.15, 0.2) is 0 Å². The molecule has 1 amide bonds. The van der Waals surface area contributed by atoms with Gasteiger partial charge in [0.1, 0.15) is 17.1 Å². The number of ether oxygens (including phenoxy) is 1. The molecule has 0 radical (unpaired) electrons. The van der Waals surface area contributed by atoms with E-state index in [1.165, 1.54) is 22.2 Å². The van der Waals surface area contributed by atoms with Crippen molar-refractivity contribution in [2.75, 3.05) is 13.7 Å². The number of para-hydroxylation sites is 1. The normalized spacial score (nSPS) is 10.8. The largest absolute Gasteiger partial charge is 0.496 e. The molecule has 0 aliphatic carbocycles. The van der Waals surface area contributed by atoms with Crippen LogP contribution >= 0.6 is 11.3 Å². The van der Waals surface area contributed by atoms with Crippen LogP contribution < -0.4 is 15.6 Å². The van der Waals surface area contributed by atoms with Crippen molar-refractivity contribution in [1.29, 1.82) is 0 Å². The van der Waals surface area contributed by atoms with E-state index in [9.17, 15) is 9.59 Å². The summed E-state index contributed by atoms with van der Waals surface area (Å²) in [5, 5.41) is 5.35. The van der Waals surface area contributed by atoms with E-state index in [-0.39, 0.29) is 18.0 Å². The fourth-order valence-corrected chi connectivity index (χ4v) is 4.27. The molecule has 4 aromatic rings. The summed E-state index contributed by atoms with van der Waals surface area (Å²) >= 11 is 1.43. The Morgan fingerprint density at radius 3 is 2.70 bits per heavy atom. The van der Waals surface area contributed by atoms with Crippen molar-refractivity contribution < 1.29 is 9.53 Å². The number of amides is 1. The zero-order valence-corrected chi connectivity index (χ0v) is 17.3. The molecule has 2 aromatic carbocycles. The highest BCUT2D eigenvalue weighted by Crippen LogP contribution is 2.30. The Hall–Kier alpha value is -3.45. The lowest BCUT2D eigenvalue weighted by Gasteiger charge is -2.10. The SMILES string of the molecule is COc1ccccc1CCNC(=O)Cn1cnc2scc(-c3ccccc3)c2c1=O. The Morgan fingerprint density at radius 1 is 1.13 bits per heavy atom. The number of hydrogen-bond donors (Lipinski definition) is 1. The second kappa shape index (κ2) is 8.92. The smallest absolute Gasteiger partial charge is 0.263 e. The van der Waals surface area contributed by atoms with Crippen LogP contribution in [0.2, 0.25) is 0 Å². The van der Waals surface area contributed by atoms with E-state index < -0.39 is 0 Å². The minimum atomic E-state index is -0.232. The molecular weight excluding hydrogens is 398 g/mol. The molecule has 0 fully saturated rings. The summed E-state index contributed by atoms with van der Waals surface area (Å²) in [7, 11) is 1.63. The predicted octanol–water partition coefficient (Wildman–Crippen LogP) is 3.49. The summed E-state index contributed by atoms with van der Waals surface area (Å²) in [6.45, 7) is 0.384. The summed E-state index contributed by atoms with van der Waals surface area (Å²) in [5.74, 6) is 0.563. The highest BCUT2D eigenvalue weighted by atomic mass is 32.1. The Kier molecular flexibility index (Phi) is 5.90. The van der Waals surface area contributed by atoms with Crippen LogP contribution in [0.15, 0.2) is 71.1 Å². The quantitative estimate of drug-likeness (QED) is 0.498. The predicted molar refractivity (Wildman–Crippen MR) is 119 cm³/mol. The second-order valence-corrected chi connectivity index (χ2v) is 7.64. The zero-order chi connectivity index (χ0) is 20.9. The van der Waals surface area contributed by atoms with Crippen molar-refractivity contribution in [3.05, 3.63) is 82.2 Å². The number of benzene rings is 2. The maximum Gasteiger partial charge on any atom is 0.263 e. The summed E-state index contributed by atoms with van der Waals surface area (Å²) in [6, 6.07) is 17.4. The number of fused-ring (bicyclic) bond motifs is 1. The number of carbonyl (C=O) groups is 1. The van der Waals surface area contributed by atoms with Gasteiger partial charge < -0.3 is 10.1 Å². The number of methoxy groups -OCH3 is 1. The number of carbonyl (C=O) groups excluding carboxylic acids is 1. The Morgan fingerprint density at radius 2 is 1.90 bits per heavy atom. The molecule has 30 heavy (non-hydrogen) atoms. The van der Waals surface area contributed by atoms with Crippen molar-refractivity contribution >= 4 is 27.5 Å². The van der Waals surface area contributed by atoms with E-state index in [0.717, 1.165) is 22.4 Å². The molecule has 0 saturated heterocycles. The van der Waals surface area contributed by atoms with Crippen LogP contribution in [0.5, 0.6) is 5.75 Å². The average molecular weight is 420 g/mol. The Balaban J connectivity index is 1.48. The van der Waals surface area contributed by atoms with Gasteiger partial charge in [-0.05, 0) is 23.6 Å². The standard InChI is InChI=1S/C23H21N3O3S/c1-29-19-10-6-5-9-17(19)11-12-24-20(27)13-26-15-25-22-21(23(26)28)18(14-30-22)16-7-3-2-4-8-16/h2-10,14-15H,11-13H2,1H3,(H,24,27). The molecule has 0 saturated carbocycles. The van der Waals surface area contributed by atoms with Crippen molar-refractivity contribution in [2.24, 2.45) is 0 Å². The molecule has 0 unspecified atom stereocenters. The van der Waals surface area contributed by atoms with Crippen LogP contribution in [-0.2, 0) is 17.8 Å². The average Bonchev–Trinajstić information content (AvgIpc) is 3.22. The monoisotopic (exact) mass is 419 g/mol. The molecule has 7 heteroatoms. The fourth-order valence-electron chi connectivity index (χ4n) is 3.37. The molecule has 0 atom stereocenters. The van der Waals surface area contributed by atoms with Gasteiger partial charge in [-0.25, -0.2) is 4.98 Å². The third-order valence-corrected chi connectivity index (χ3v) is 5.75. The first kappa shape index (κ1) is 19.8. The number of rotatable bonds is 7. The minimum Gasteiger partial charge on any atom is -0.496 e.